The Balaban J connectivity index is 1.52. The number of aliphatic hydroxyl groups is 1. The smallest absolute Gasteiger partial charge is 0.161 e. The Morgan fingerprint density at radius 3 is 2.41 bits per heavy atom. The van der Waals surface area contributed by atoms with Crippen LogP contribution in [0.15, 0.2) is 42.5 Å². The maximum Gasteiger partial charge on any atom is 0.161 e. The van der Waals surface area contributed by atoms with Crippen LogP contribution in [0.25, 0.3) is 0 Å². The van der Waals surface area contributed by atoms with E-state index in [4.69, 9.17) is 9.47 Å². The SMILES string of the molecule is COc1cc(CN2[C@@H]3CC[C@H]2CC(O)(c2ccccc2F)C3)ccc1OC(C)C. The number of methoxy groups -OCH3 is 1. The highest BCUT2D eigenvalue weighted by atomic mass is 19.1. The molecule has 2 aliphatic rings. The van der Waals surface area contributed by atoms with Crippen molar-refractivity contribution in [3.63, 3.8) is 0 Å². The molecule has 2 aromatic carbocycles. The molecular formula is C24H30FNO3. The van der Waals surface area contributed by atoms with E-state index in [2.05, 4.69) is 11.0 Å². The van der Waals surface area contributed by atoms with Gasteiger partial charge in [-0.3, -0.25) is 4.90 Å². The maximum absolute atomic E-state index is 14.4. The van der Waals surface area contributed by atoms with Gasteiger partial charge in [0, 0.05) is 24.2 Å². The monoisotopic (exact) mass is 399 g/mol. The van der Waals surface area contributed by atoms with Crippen LogP contribution in [0.1, 0.15) is 50.7 Å². The predicted molar refractivity (Wildman–Crippen MR) is 111 cm³/mol. The van der Waals surface area contributed by atoms with E-state index in [1.165, 1.54) is 6.07 Å². The van der Waals surface area contributed by atoms with Crippen LogP contribution < -0.4 is 9.47 Å². The molecule has 2 saturated heterocycles. The molecule has 1 N–H and O–H groups in total. The average Bonchev–Trinajstić information content (AvgIpc) is 2.92. The third-order valence-corrected chi connectivity index (χ3v) is 6.25. The van der Waals surface area contributed by atoms with Crippen LogP contribution in [0.5, 0.6) is 11.5 Å². The van der Waals surface area contributed by atoms with Gasteiger partial charge in [-0.25, -0.2) is 4.39 Å². The van der Waals surface area contributed by atoms with E-state index in [1.54, 1.807) is 25.3 Å². The summed E-state index contributed by atoms with van der Waals surface area (Å²) >= 11 is 0. The molecule has 0 aromatic heterocycles. The van der Waals surface area contributed by atoms with Gasteiger partial charge in [-0.05, 0) is 63.3 Å². The summed E-state index contributed by atoms with van der Waals surface area (Å²) in [6.07, 6.45) is 3.29. The number of piperidine rings is 1. The van der Waals surface area contributed by atoms with Crippen LogP contribution in [-0.2, 0) is 12.1 Å². The zero-order chi connectivity index (χ0) is 20.6. The number of hydrogen-bond acceptors (Lipinski definition) is 4. The Labute approximate surface area is 172 Å². The van der Waals surface area contributed by atoms with Crippen molar-refractivity contribution in [2.45, 2.75) is 69.9 Å². The quantitative estimate of drug-likeness (QED) is 0.769. The van der Waals surface area contributed by atoms with Crippen molar-refractivity contribution in [1.82, 2.24) is 4.90 Å². The van der Waals surface area contributed by atoms with Gasteiger partial charge >= 0.3 is 0 Å². The molecule has 2 fully saturated rings. The summed E-state index contributed by atoms with van der Waals surface area (Å²) < 4.78 is 25.7. The van der Waals surface area contributed by atoms with Gasteiger partial charge < -0.3 is 14.6 Å². The van der Waals surface area contributed by atoms with Gasteiger partial charge in [0.2, 0.25) is 0 Å². The maximum atomic E-state index is 14.4. The Bertz CT molecular complexity index is 855. The second-order valence-corrected chi connectivity index (χ2v) is 8.63. The molecule has 2 aliphatic heterocycles. The average molecular weight is 400 g/mol. The van der Waals surface area contributed by atoms with Crippen molar-refractivity contribution in [3.05, 3.63) is 59.4 Å². The fourth-order valence-electron chi connectivity index (χ4n) is 5.01. The molecule has 0 spiro atoms. The van der Waals surface area contributed by atoms with E-state index in [-0.39, 0.29) is 24.0 Å². The minimum Gasteiger partial charge on any atom is -0.493 e. The van der Waals surface area contributed by atoms with Crippen LogP contribution in [-0.4, -0.2) is 35.3 Å². The molecule has 4 nitrogen and oxygen atoms in total. The topological polar surface area (TPSA) is 41.9 Å². The summed E-state index contributed by atoms with van der Waals surface area (Å²) in [7, 11) is 1.66. The van der Waals surface area contributed by atoms with Gasteiger partial charge in [0.15, 0.2) is 11.5 Å². The molecule has 0 radical (unpaired) electrons. The Morgan fingerprint density at radius 1 is 1.10 bits per heavy atom. The molecule has 0 amide bonds. The lowest BCUT2D eigenvalue weighted by Crippen LogP contribution is -2.49. The predicted octanol–water partition coefficient (Wildman–Crippen LogP) is 4.64. The molecule has 3 atom stereocenters. The van der Waals surface area contributed by atoms with Crippen LogP contribution in [0, 0.1) is 5.82 Å². The highest BCUT2D eigenvalue weighted by Crippen LogP contribution is 2.47. The van der Waals surface area contributed by atoms with Gasteiger partial charge in [0.05, 0.1) is 18.8 Å². The second kappa shape index (κ2) is 7.96. The molecule has 5 heteroatoms. The fraction of sp³-hybridized carbons (Fsp3) is 0.500. The van der Waals surface area contributed by atoms with Crippen molar-refractivity contribution in [3.8, 4) is 11.5 Å². The summed E-state index contributed by atoms with van der Waals surface area (Å²) in [6, 6.07) is 13.2. The van der Waals surface area contributed by atoms with E-state index in [0.29, 0.717) is 18.4 Å². The zero-order valence-electron chi connectivity index (χ0n) is 17.4. The van der Waals surface area contributed by atoms with Crippen LogP contribution >= 0.6 is 0 Å². The zero-order valence-corrected chi connectivity index (χ0v) is 17.4. The highest BCUT2D eigenvalue weighted by molar-refractivity contribution is 5.43. The van der Waals surface area contributed by atoms with Crippen molar-refractivity contribution in [2.75, 3.05) is 7.11 Å². The van der Waals surface area contributed by atoms with Crippen LogP contribution in [0.4, 0.5) is 4.39 Å². The molecule has 4 rings (SSSR count). The third-order valence-electron chi connectivity index (χ3n) is 6.25. The first-order valence-corrected chi connectivity index (χ1v) is 10.5. The van der Waals surface area contributed by atoms with E-state index in [1.807, 2.05) is 26.0 Å². The molecule has 156 valence electrons. The molecule has 1 unspecified atom stereocenters. The van der Waals surface area contributed by atoms with Crippen molar-refractivity contribution in [2.24, 2.45) is 0 Å². The standard InChI is InChI=1S/C24H30FNO3/c1-16(2)29-22-11-8-17(12-23(22)28-3)15-26-18-9-10-19(26)14-24(27,13-18)20-6-4-5-7-21(20)25/h4-8,11-12,16,18-19,27H,9-10,13-15H2,1-3H3/t18-,19+,24?. The van der Waals surface area contributed by atoms with Gasteiger partial charge in [-0.2, -0.15) is 0 Å². The lowest BCUT2D eigenvalue weighted by atomic mass is 9.80. The van der Waals surface area contributed by atoms with E-state index >= 15 is 0 Å². The largest absolute Gasteiger partial charge is 0.493 e. The van der Waals surface area contributed by atoms with Gasteiger partial charge in [0.1, 0.15) is 5.82 Å². The van der Waals surface area contributed by atoms with Crippen molar-refractivity contribution < 1.29 is 19.0 Å². The van der Waals surface area contributed by atoms with Crippen LogP contribution in [0.3, 0.4) is 0 Å². The third kappa shape index (κ3) is 3.99. The number of ether oxygens (including phenoxy) is 2. The summed E-state index contributed by atoms with van der Waals surface area (Å²) in [5.74, 6) is 1.18. The number of halogens is 1. The van der Waals surface area contributed by atoms with Gasteiger partial charge in [0.25, 0.3) is 0 Å². The summed E-state index contributed by atoms with van der Waals surface area (Å²) in [5, 5.41) is 11.3. The Hall–Kier alpha value is -2.11. The Kier molecular flexibility index (Phi) is 5.54. The molecule has 2 bridgehead atoms. The molecule has 29 heavy (non-hydrogen) atoms. The molecule has 2 aromatic rings. The number of rotatable bonds is 6. The van der Waals surface area contributed by atoms with E-state index in [9.17, 15) is 9.50 Å². The normalized spacial score (nSPS) is 26.7. The minimum absolute atomic E-state index is 0.0868. The van der Waals surface area contributed by atoms with Crippen LogP contribution in [0.2, 0.25) is 0 Å². The molecule has 0 saturated carbocycles. The number of hydrogen-bond donors (Lipinski definition) is 1. The van der Waals surface area contributed by atoms with E-state index < -0.39 is 5.60 Å². The lowest BCUT2D eigenvalue weighted by Gasteiger charge is -2.44. The molecule has 2 heterocycles. The molecular weight excluding hydrogens is 369 g/mol. The fourth-order valence-corrected chi connectivity index (χ4v) is 5.01. The molecule has 0 aliphatic carbocycles. The number of fused-ring (bicyclic) bond motifs is 2. The van der Waals surface area contributed by atoms with Gasteiger partial charge in [-0.1, -0.05) is 24.3 Å². The lowest BCUT2D eigenvalue weighted by molar-refractivity contribution is -0.0615. The second-order valence-electron chi connectivity index (χ2n) is 8.63. The van der Waals surface area contributed by atoms with Gasteiger partial charge in [-0.15, -0.1) is 0 Å². The van der Waals surface area contributed by atoms with Crippen molar-refractivity contribution in [1.29, 1.82) is 0 Å². The summed E-state index contributed by atoms with van der Waals surface area (Å²) in [4.78, 5) is 2.47. The Morgan fingerprint density at radius 2 is 1.79 bits per heavy atom. The minimum atomic E-state index is -1.08. The highest BCUT2D eigenvalue weighted by Gasteiger charge is 2.48. The first-order chi connectivity index (χ1) is 13.9. The summed E-state index contributed by atoms with van der Waals surface area (Å²) in [6.45, 7) is 4.78. The van der Waals surface area contributed by atoms with Crippen molar-refractivity contribution >= 4 is 0 Å². The first kappa shape index (κ1) is 20.2. The number of benzene rings is 2. The van der Waals surface area contributed by atoms with E-state index in [0.717, 1.165) is 36.4 Å². The summed E-state index contributed by atoms with van der Waals surface area (Å²) in [5.41, 5.74) is 0.514. The number of nitrogens with zero attached hydrogens (tertiary/aromatic N) is 1. The first-order valence-electron chi connectivity index (χ1n) is 10.5.